The Labute approximate surface area is 123 Å². The number of thioether (sulfide) groups is 1. The molecule has 20 heavy (non-hydrogen) atoms. The quantitative estimate of drug-likeness (QED) is 0.580. The van der Waals surface area contributed by atoms with E-state index in [9.17, 15) is 0 Å². The van der Waals surface area contributed by atoms with Gasteiger partial charge in [-0.2, -0.15) is 0 Å². The predicted molar refractivity (Wildman–Crippen MR) is 79.1 cm³/mol. The van der Waals surface area contributed by atoms with E-state index in [1.807, 2.05) is 32.2 Å². The first-order valence-corrected chi connectivity index (χ1v) is 7.80. The highest BCUT2D eigenvalue weighted by Gasteiger charge is 2.16. The van der Waals surface area contributed by atoms with Crippen molar-refractivity contribution in [1.29, 1.82) is 0 Å². The summed E-state index contributed by atoms with van der Waals surface area (Å²) in [6.45, 7) is 5.00. The van der Waals surface area contributed by atoms with Crippen molar-refractivity contribution in [3.05, 3.63) is 36.2 Å². The summed E-state index contributed by atoms with van der Waals surface area (Å²) in [6, 6.07) is 8.15. The topological polar surface area (TPSA) is 49.2 Å². The van der Waals surface area contributed by atoms with Crippen molar-refractivity contribution in [3.63, 3.8) is 0 Å². The van der Waals surface area contributed by atoms with Crippen LogP contribution >= 0.6 is 11.8 Å². The second-order valence-electron chi connectivity index (χ2n) is 4.03. The molecule has 0 unspecified atom stereocenters. The van der Waals surface area contributed by atoms with Crippen LogP contribution < -0.4 is 0 Å². The molecule has 0 bridgehead atoms. The summed E-state index contributed by atoms with van der Waals surface area (Å²) >= 11 is 1.71. The SMILES string of the molecule is CCOC(OCC)c1cn(-c2ccc(SC)cc2)nn1. The van der Waals surface area contributed by atoms with E-state index in [0.717, 1.165) is 5.69 Å². The highest BCUT2D eigenvalue weighted by atomic mass is 32.2. The van der Waals surface area contributed by atoms with Crippen LogP contribution in [-0.4, -0.2) is 34.5 Å². The number of rotatable bonds is 7. The molecule has 5 nitrogen and oxygen atoms in total. The van der Waals surface area contributed by atoms with Gasteiger partial charge in [0.25, 0.3) is 0 Å². The molecular formula is C14H19N3O2S. The van der Waals surface area contributed by atoms with E-state index in [2.05, 4.69) is 28.7 Å². The van der Waals surface area contributed by atoms with E-state index >= 15 is 0 Å². The van der Waals surface area contributed by atoms with Crippen molar-refractivity contribution in [3.8, 4) is 5.69 Å². The van der Waals surface area contributed by atoms with Crippen LogP contribution in [0, 0.1) is 0 Å². The number of hydrogen-bond donors (Lipinski definition) is 0. The molecular weight excluding hydrogens is 274 g/mol. The minimum absolute atomic E-state index is 0.454. The molecule has 0 saturated carbocycles. The van der Waals surface area contributed by atoms with Gasteiger partial charge < -0.3 is 9.47 Å². The Bertz CT molecular complexity index is 521. The van der Waals surface area contributed by atoms with Gasteiger partial charge >= 0.3 is 0 Å². The van der Waals surface area contributed by atoms with Gasteiger partial charge in [-0.05, 0) is 44.4 Å². The lowest BCUT2D eigenvalue weighted by molar-refractivity contribution is -0.142. The monoisotopic (exact) mass is 293 g/mol. The van der Waals surface area contributed by atoms with Gasteiger partial charge in [-0.1, -0.05) is 5.21 Å². The Morgan fingerprint density at radius 1 is 1.15 bits per heavy atom. The Morgan fingerprint density at radius 3 is 2.35 bits per heavy atom. The Morgan fingerprint density at radius 2 is 1.80 bits per heavy atom. The smallest absolute Gasteiger partial charge is 0.204 e. The fourth-order valence-corrected chi connectivity index (χ4v) is 2.18. The minimum Gasteiger partial charge on any atom is -0.347 e. The number of ether oxygens (including phenoxy) is 2. The Balaban J connectivity index is 2.17. The fourth-order valence-electron chi connectivity index (χ4n) is 1.77. The van der Waals surface area contributed by atoms with Crippen LogP contribution in [0.4, 0.5) is 0 Å². The summed E-state index contributed by atoms with van der Waals surface area (Å²) in [7, 11) is 0. The van der Waals surface area contributed by atoms with Crippen LogP contribution in [0.2, 0.25) is 0 Å². The number of benzene rings is 1. The van der Waals surface area contributed by atoms with Gasteiger partial charge in [-0.3, -0.25) is 0 Å². The average molecular weight is 293 g/mol. The Hall–Kier alpha value is -1.37. The summed E-state index contributed by atoms with van der Waals surface area (Å²) in [5, 5.41) is 8.26. The van der Waals surface area contributed by atoms with Gasteiger partial charge in [-0.25, -0.2) is 4.68 Å². The lowest BCUT2D eigenvalue weighted by atomic mass is 10.3. The van der Waals surface area contributed by atoms with Crippen molar-refractivity contribution >= 4 is 11.8 Å². The second-order valence-corrected chi connectivity index (χ2v) is 4.91. The summed E-state index contributed by atoms with van der Waals surface area (Å²) in [5.41, 5.74) is 1.65. The van der Waals surface area contributed by atoms with E-state index in [4.69, 9.17) is 9.47 Å². The van der Waals surface area contributed by atoms with Crippen LogP contribution in [0.15, 0.2) is 35.4 Å². The van der Waals surface area contributed by atoms with Crippen molar-refractivity contribution in [1.82, 2.24) is 15.0 Å². The molecule has 0 atom stereocenters. The molecule has 0 N–H and O–H groups in total. The third kappa shape index (κ3) is 3.59. The highest BCUT2D eigenvalue weighted by Crippen LogP contribution is 2.19. The second kappa shape index (κ2) is 7.42. The third-order valence-electron chi connectivity index (χ3n) is 2.73. The summed E-state index contributed by atoms with van der Waals surface area (Å²) in [4.78, 5) is 1.22. The van der Waals surface area contributed by atoms with Gasteiger partial charge in [0.2, 0.25) is 6.29 Å². The summed E-state index contributed by atoms with van der Waals surface area (Å²) in [5.74, 6) is 0. The number of hydrogen-bond acceptors (Lipinski definition) is 5. The lowest BCUT2D eigenvalue weighted by Crippen LogP contribution is -2.09. The van der Waals surface area contributed by atoms with E-state index in [1.165, 1.54) is 4.90 Å². The largest absolute Gasteiger partial charge is 0.347 e. The molecule has 0 fully saturated rings. The van der Waals surface area contributed by atoms with E-state index < -0.39 is 6.29 Å². The molecule has 1 aromatic heterocycles. The van der Waals surface area contributed by atoms with Gasteiger partial charge in [0.15, 0.2) is 0 Å². The van der Waals surface area contributed by atoms with Crippen molar-refractivity contribution in [2.75, 3.05) is 19.5 Å². The zero-order chi connectivity index (χ0) is 14.4. The van der Waals surface area contributed by atoms with Crippen LogP contribution in [0.5, 0.6) is 0 Å². The first kappa shape index (κ1) is 15.0. The van der Waals surface area contributed by atoms with Gasteiger partial charge in [-0.15, -0.1) is 16.9 Å². The van der Waals surface area contributed by atoms with Gasteiger partial charge in [0, 0.05) is 18.1 Å². The summed E-state index contributed by atoms with van der Waals surface area (Å²) < 4.78 is 12.8. The first-order valence-electron chi connectivity index (χ1n) is 6.58. The van der Waals surface area contributed by atoms with Crippen LogP contribution in [0.3, 0.4) is 0 Å². The fraction of sp³-hybridized carbons (Fsp3) is 0.429. The molecule has 6 heteroatoms. The van der Waals surface area contributed by atoms with E-state index in [0.29, 0.717) is 18.9 Å². The maximum Gasteiger partial charge on any atom is 0.204 e. The molecule has 1 heterocycles. The maximum atomic E-state index is 5.51. The Kier molecular flexibility index (Phi) is 5.58. The first-order chi connectivity index (χ1) is 9.78. The van der Waals surface area contributed by atoms with Gasteiger partial charge in [0.05, 0.1) is 11.9 Å². The number of aromatic nitrogens is 3. The molecule has 0 amide bonds. The zero-order valence-electron chi connectivity index (χ0n) is 11.9. The van der Waals surface area contributed by atoms with Crippen LogP contribution in [0.25, 0.3) is 5.69 Å². The maximum absolute atomic E-state index is 5.51. The minimum atomic E-state index is -0.454. The highest BCUT2D eigenvalue weighted by molar-refractivity contribution is 7.98. The summed E-state index contributed by atoms with van der Waals surface area (Å²) in [6.07, 6.45) is 3.44. The van der Waals surface area contributed by atoms with Crippen molar-refractivity contribution in [2.45, 2.75) is 25.0 Å². The molecule has 1 aromatic carbocycles. The molecule has 0 aliphatic heterocycles. The third-order valence-corrected chi connectivity index (χ3v) is 3.47. The lowest BCUT2D eigenvalue weighted by Gasteiger charge is -2.13. The molecule has 0 radical (unpaired) electrons. The molecule has 0 saturated heterocycles. The van der Waals surface area contributed by atoms with E-state index in [-0.39, 0.29) is 0 Å². The van der Waals surface area contributed by atoms with Crippen molar-refractivity contribution < 1.29 is 9.47 Å². The standard InChI is InChI=1S/C14H19N3O2S/c1-4-18-14(19-5-2)13-10-17(16-15-13)11-6-8-12(20-3)9-7-11/h6-10,14H,4-5H2,1-3H3. The van der Waals surface area contributed by atoms with Crippen molar-refractivity contribution in [2.24, 2.45) is 0 Å². The molecule has 2 aromatic rings. The molecule has 0 aliphatic rings. The zero-order valence-corrected chi connectivity index (χ0v) is 12.8. The predicted octanol–water partition coefficient (Wildman–Crippen LogP) is 3.06. The normalized spacial score (nSPS) is 11.2. The molecule has 0 spiro atoms. The molecule has 2 rings (SSSR count). The molecule has 108 valence electrons. The number of nitrogens with zero attached hydrogens (tertiary/aromatic N) is 3. The molecule has 0 aliphatic carbocycles. The van der Waals surface area contributed by atoms with E-state index in [1.54, 1.807) is 16.4 Å². The van der Waals surface area contributed by atoms with Crippen LogP contribution in [-0.2, 0) is 9.47 Å². The van der Waals surface area contributed by atoms with Gasteiger partial charge in [0.1, 0.15) is 5.69 Å². The van der Waals surface area contributed by atoms with Crippen LogP contribution in [0.1, 0.15) is 25.8 Å². The average Bonchev–Trinajstić information content (AvgIpc) is 2.97.